The largest absolute Gasteiger partial charge is 0.244 e. The van der Waals surface area contributed by atoms with E-state index in [2.05, 4.69) is 19.9 Å². The summed E-state index contributed by atoms with van der Waals surface area (Å²) in [6, 6.07) is 0. The number of halogens is 2. The Morgan fingerprint density at radius 2 is 1.95 bits per heavy atom. The van der Waals surface area contributed by atoms with Crippen LogP contribution in [0.2, 0.25) is 0 Å². The van der Waals surface area contributed by atoms with Gasteiger partial charge in [0.2, 0.25) is 0 Å². The maximum Gasteiger partial charge on any atom is 0.138 e. The maximum absolute atomic E-state index is 14.6. The molecule has 0 N–H and O–H groups in total. The van der Waals surface area contributed by atoms with Crippen molar-refractivity contribution in [2.45, 2.75) is 96.8 Å². The molecular formula is C20H34F2. The molecule has 0 aromatic heterocycles. The van der Waals surface area contributed by atoms with Crippen LogP contribution in [0, 0.1) is 17.8 Å². The fraction of sp³-hybridized carbons (Fsp3) is 0.900. The van der Waals surface area contributed by atoms with Crippen LogP contribution in [0.5, 0.6) is 0 Å². The molecule has 0 spiro atoms. The van der Waals surface area contributed by atoms with Crippen molar-refractivity contribution >= 4 is 0 Å². The highest BCUT2D eigenvalue weighted by Crippen LogP contribution is 2.42. The smallest absolute Gasteiger partial charge is 0.138 e. The van der Waals surface area contributed by atoms with Crippen molar-refractivity contribution in [3.8, 4) is 0 Å². The SMILES string of the molecule is CCCC(C)CCCC1CCC(C2=CCCCC2)C(F)C1F. The van der Waals surface area contributed by atoms with Gasteiger partial charge in [-0.05, 0) is 56.8 Å². The molecule has 5 atom stereocenters. The average molecular weight is 312 g/mol. The molecule has 0 aromatic rings. The predicted octanol–water partition coefficient (Wildman–Crippen LogP) is 6.80. The molecule has 128 valence electrons. The van der Waals surface area contributed by atoms with Crippen LogP contribution < -0.4 is 0 Å². The first kappa shape index (κ1) is 17.9. The Hall–Kier alpha value is -0.400. The second-order valence-corrected chi connectivity index (χ2v) is 7.68. The Morgan fingerprint density at radius 3 is 2.64 bits per heavy atom. The summed E-state index contributed by atoms with van der Waals surface area (Å²) < 4.78 is 29.1. The van der Waals surface area contributed by atoms with E-state index in [1.807, 2.05) is 0 Å². The molecule has 0 heterocycles. The zero-order valence-electron chi connectivity index (χ0n) is 14.5. The summed E-state index contributed by atoms with van der Waals surface area (Å²) >= 11 is 0. The number of alkyl halides is 2. The minimum atomic E-state index is -1.25. The van der Waals surface area contributed by atoms with Gasteiger partial charge in [0.15, 0.2) is 0 Å². The van der Waals surface area contributed by atoms with Gasteiger partial charge in [0.05, 0.1) is 0 Å². The lowest BCUT2D eigenvalue weighted by Gasteiger charge is -2.37. The monoisotopic (exact) mass is 312 g/mol. The van der Waals surface area contributed by atoms with Crippen molar-refractivity contribution in [2.75, 3.05) is 0 Å². The Balaban J connectivity index is 1.79. The molecule has 2 aliphatic rings. The van der Waals surface area contributed by atoms with Crippen LogP contribution in [0.4, 0.5) is 8.78 Å². The van der Waals surface area contributed by atoms with Crippen molar-refractivity contribution < 1.29 is 8.78 Å². The summed E-state index contributed by atoms with van der Waals surface area (Å²) in [5.41, 5.74) is 1.22. The fourth-order valence-electron chi connectivity index (χ4n) is 4.45. The van der Waals surface area contributed by atoms with Gasteiger partial charge in [-0.2, -0.15) is 0 Å². The number of hydrogen-bond donors (Lipinski definition) is 0. The molecule has 1 saturated carbocycles. The van der Waals surface area contributed by atoms with Crippen LogP contribution in [-0.2, 0) is 0 Å². The Kier molecular flexibility index (Phi) is 7.37. The van der Waals surface area contributed by atoms with Gasteiger partial charge in [-0.1, -0.05) is 51.2 Å². The van der Waals surface area contributed by atoms with E-state index >= 15 is 0 Å². The highest BCUT2D eigenvalue weighted by molar-refractivity contribution is 5.14. The van der Waals surface area contributed by atoms with Gasteiger partial charge in [0, 0.05) is 5.92 Å². The van der Waals surface area contributed by atoms with Crippen molar-refractivity contribution in [2.24, 2.45) is 17.8 Å². The first-order valence-electron chi connectivity index (χ1n) is 9.60. The summed E-state index contributed by atoms with van der Waals surface area (Å²) in [6.45, 7) is 4.49. The molecule has 22 heavy (non-hydrogen) atoms. The van der Waals surface area contributed by atoms with Crippen molar-refractivity contribution in [1.82, 2.24) is 0 Å². The third-order valence-electron chi connectivity index (χ3n) is 5.84. The number of allylic oxidation sites excluding steroid dienone is 2. The second kappa shape index (κ2) is 9.03. The van der Waals surface area contributed by atoms with Crippen molar-refractivity contribution in [3.05, 3.63) is 11.6 Å². The number of rotatable bonds is 7. The van der Waals surface area contributed by atoms with Gasteiger partial charge in [0.25, 0.3) is 0 Å². The fourth-order valence-corrected chi connectivity index (χ4v) is 4.45. The molecule has 2 rings (SSSR count). The average Bonchev–Trinajstić information content (AvgIpc) is 2.53. The molecule has 0 nitrogen and oxygen atoms in total. The molecule has 0 aromatic carbocycles. The van der Waals surface area contributed by atoms with Gasteiger partial charge < -0.3 is 0 Å². The molecule has 0 radical (unpaired) electrons. The van der Waals surface area contributed by atoms with E-state index in [0.717, 1.165) is 50.9 Å². The third kappa shape index (κ3) is 4.80. The van der Waals surface area contributed by atoms with Gasteiger partial charge in [-0.15, -0.1) is 0 Å². The topological polar surface area (TPSA) is 0 Å². The van der Waals surface area contributed by atoms with Gasteiger partial charge >= 0.3 is 0 Å². The predicted molar refractivity (Wildman–Crippen MR) is 90.5 cm³/mol. The van der Waals surface area contributed by atoms with E-state index in [0.29, 0.717) is 0 Å². The third-order valence-corrected chi connectivity index (χ3v) is 5.84. The molecule has 0 bridgehead atoms. The van der Waals surface area contributed by atoms with Crippen LogP contribution in [0.25, 0.3) is 0 Å². The van der Waals surface area contributed by atoms with E-state index in [1.165, 1.54) is 31.3 Å². The summed E-state index contributed by atoms with van der Waals surface area (Å²) in [7, 11) is 0. The lowest BCUT2D eigenvalue weighted by atomic mass is 9.72. The lowest BCUT2D eigenvalue weighted by Crippen LogP contribution is -2.39. The van der Waals surface area contributed by atoms with E-state index < -0.39 is 12.3 Å². The number of hydrogen-bond acceptors (Lipinski definition) is 0. The first-order valence-corrected chi connectivity index (χ1v) is 9.60. The van der Waals surface area contributed by atoms with E-state index in [1.54, 1.807) is 0 Å². The van der Waals surface area contributed by atoms with E-state index in [4.69, 9.17) is 0 Å². The molecule has 5 unspecified atom stereocenters. The van der Waals surface area contributed by atoms with Crippen LogP contribution in [0.1, 0.15) is 84.5 Å². The molecule has 2 heteroatoms. The van der Waals surface area contributed by atoms with Crippen molar-refractivity contribution in [3.63, 3.8) is 0 Å². The molecule has 0 amide bonds. The van der Waals surface area contributed by atoms with Crippen LogP contribution in [0.15, 0.2) is 11.6 Å². The minimum Gasteiger partial charge on any atom is -0.244 e. The second-order valence-electron chi connectivity index (χ2n) is 7.68. The molecule has 0 aliphatic heterocycles. The van der Waals surface area contributed by atoms with Gasteiger partial charge in [-0.3, -0.25) is 0 Å². The van der Waals surface area contributed by atoms with Crippen molar-refractivity contribution in [1.29, 1.82) is 0 Å². The zero-order chi connectivity index (χ0) is 15.9. The quantitative estimate of drug-likeness (QED) is 0.454. The Labute approximate surface area is 135 Å². The molecule has 0 saturated heterocycles. The van der Waals surface area contributed by atoms with Crippen LogP contribution in [0.3, 0.4) is 0 Å². The maximum atomic E-state index is 14.6. The summed E-state index contributed by atoms with van der Waals surface area (Å²) in [5.74, 6) is 0.572. The van der Waals surface area contributed by atoms with Crippen LogP contribution >= 0.6 is 0 Å². The standard InChI is InChI=1S/C20H34F2/c1-3-8-15(2)9-7-12-17-13-14-18(20(22)19(17)21)16-10-5-4-6-11-16/h10,15,17-20H,3-9,11-14H2,1-2H3. The van der Waals surface area contributed by atoms with Crippen LogP contribution in [-0.4, -0.2) is 12.3 Å². The molecule has 2 aliphatic carbocycles. The van der Waals surface area contributed by atoms with Gasteiger partial charge in [-0.25, -0.2) is 8.78 Å². The molecular weight excluding hydrogens is 278 g/mol. The summed E-state index contributed by atoms with van der Waals surface area (Å²) in [5, 5.41) is 0. The van der Waals surface area contributed by atoms with Gasteiger partial charge in [0.1, 0.15) is 12.3 Å². The minimum absolute atomic E-state index is 0.0377. The van der Waals surface area contributed by atoms with E-state index in [-0.39, 0.29) is 11.8 Å². The summed E-state index contributed by atoms with van der Waals surface area (Å²) in [4.78, 5) is 0. The Bertz CT molecular complexity index is 350. The van der Waals surface area contributed by atoms with E-state index in [9.17, 15) is 8.78 Å². The highest BCUT2D eigenvalue weighted by Gasteiger charge is 2.41. The highest BCUT2D eigenvalue weighted by atomic mass is 19.2. The first-order chi connectivity index (χ1) is 10.6. The molecule has 1 fully saturated rings. The lowest BCUT2D eigenvalue weighted by molar-refractivity contribution is 0.0292. The summed E-state index contributed by atoms with van der Waals surface area (Å²) in [6.07, 6.45) is 11.5. The normalized spacial score (nSPS) is 34.3. The zero-order valence-corrected chi connectivity index (χ0v) is 14.5. The Morgan fingerprint density at radius 1 is 1.14 bits per heavy atom.